The summed E-state index contributed by atoms with van der Waals surface area (Å²) in [5, 5.41) is 2.98. The van der Waals surface area contributed by atoms with Crippen molar-refractivity contribution in [2.45, 2.75) is 13.5 Å². The number of pyridine rings is 1. The van der Waals surface area contributed by atoms with Gasteiger partial charge in [0.15, 0.2) is 0 Å². The zero-order valence-corrected chi connectivity index (χ0v) is 19.2. The number of nitrogens with one attached hydrogen (secondary N) is 2. The number of hydrogen-bond donors (Lipinski definition) is 2. The van der Waals surface area contributed by atoms with Crippen molar-refractivity contribution in [2.75, 3.05) is 5.32 Å². The summed E-state index contributed by atoms with van der Waals surface area (Å²) in [5.41, 5.74) is 6.00. The van der Waals surface area contributed by atoms with Gasteiger partial charge in [-0.2, -0.15) is 0 Å². The molecular weight excluding hydrogens is 436 g/mol. The molecule has 0 aliphatic carbocycles. The van der Waals surface area contributed by atoms with Crippen molar-refractivity contribution in [3.05, 3.63) is 120 Å². The number of carbonyl (C=O) groups excluding carboxylic acids is 1. The molecule has 35 heavy (non-hydrogen) atoms. The molecule has 0 atom stereocenters. The molecule has 1 amide bonds. The smallest absolute Gasteiger partial charge is 0.255 e. The Bertz CT molecular complexity index is 1430. The van der Waals surface area contributed by atoms with Crippen LogP contribution < -0.4 is 10.1 Å². The van der Waals surface area contributed by atoms with Crippen LogP contribution in [0.1, 0.15) is 21.6 Å². The Morgan fingerprint density at radius 2 is 1.74 bits per heavy atom. The number of imidazole rings is 1. The Hall–Kier alpha value is -4.71. The number of aromatic amines is 1. The van der Waals surface area contributed by atoms with Crippen molar-refractivity contribution < 1.29 is 9.53 Å². The van der Waals surface area contributed by atoms with Gasteiger partial charge in [-0.05, 0) is 61.0 Å². The van der Waals surface area contributed by atoms with E-state index in [2.05, 4.69) is 15.3 Å². The van der Waals surface area contributed by atoms with Gasteiger partial charge in [0.05, 0.1) is 11.4 Å². The van der Waals surface area contributed by atoms with E-state index in [1.807, 2.05) is 79.9 Å². The van der Waals surface area contributed by atoms with Crippen LogP contribution >= 0.6 is 0 Å². The summed E-state index contributed by atoms with van der Waals surface area (Å²) < 4.78 is 5.75. The van der Waals surface area contributed by atoms with Gasteiger partial charge in [0.1, 0.15) is 18.2 Å². The van der Waals surface area contributed by atoms with Gasteiger partial charge in [-0.1, -0.05) is 42.5 Å². The monoisotopic (exact) mass is 460 g/mol. The second-order valence-electron chi connectivity index (χ2n) is 8.12. The van der Waals surface area contributed by atoms with E-state index in [9.17, 15) is 4.79 Å². The molecule has 0 spiro atoms. The highest BCUT2D eigenvalue weighted by Crippen LogP contribution is 2.27. The van der Waals surface area contributed by atoms with E-state index in [1.54, 1.807) is 30.5 Å². The van der Waals surface area contributed by atoms with E-state index in [0.717, 1.165) is 33.9 Å². The summed E-state index contributed by atoms with van der Waals surface area (Å²) in [4.78, 5) is 25.1. The van der Waals surface area contributed by atoms with Crippen LogP contribution in [0.5, 0.6) is 5.75 Å². The van der Waals surface area contributed by atoms with Crippen LogP contribution in [0.4, 0.5) is 5.69 Å². The average Bonchev–Trinajstić information content (AvgIpc) is 3.40. The number of anilines is 1. The maximum atomic E-state index is 12.8. The second kappa shape index (κ2) is 10.1. The summed E-state index contributed by atoms with van der Waals surface area (Å²) in [7, 11) is 0. The zero-order chi connectivity index (χ0) is 24.0. The van der Waals surface area contributed by atoms with Crippen LogP contribution in [-0.4, -0.2) is 20.9 Å². The minimum absolute atomic E-state index is 0.194. The van der Waals surface area contributed by atoms with Crippen LogP contribution in [0.3, 0.4) is 0 Å². The average molecular weight is 461 g/mol. The van der Waals surface area contributed by atoms with Crippen molar-refractivity contribution in [3.8, 4) is 28.4 Å². The summed E-state index contributed by atoms with van der Waals surface area (Å²) in [6, 6.07) is 28.6. The summed E-state index contributed by atoms with van der Waals surface area (Å²) in [6.07, 6.45) is 3.63. The minimum Gasteiger partial charge on any atom is -0.487 e. The van der Waals surface area contributed by atoms with Gasteiger partial charge in [-0.3, -0.25) is 9.78 Å². The first-order valence-corrected chi connectivity index (χ1v) is 11.3. The molecule has 5 aromatic rings. The number of aryl methyl sites for hydroxylation is 1. The van der Waals surface area contributed by atoms with E-state index >= 15 is 0 Å². The van der Waals surface area contributed by atoms with E-state index in [1.165, 1.54) is 0 Å². The number of rotatable bonds is 7. The molecule has 2 heterocycles. The molecule has 0 saturated heterocycles. The maximum absolute atomic E-state index is 12.8. The molecule has 0 fully saturated rings. The number of ether oxygens (including phenoxy) is 1. The number of benzene rings is 3. The van der Waals surface area contributed by atoms with Gasteiger partial charge in [0.2, 0.25) is 0 Å². The van der Waals surface area contributed by atoms with Crippen molar-refractivity contribution in [2.24, 2.45) is 0 Å². The third-order valence-electron chi connectivity index (χ3n) is 5.63. The lowest BCUT2D eigenvalue weighted by atomic mass is 10.1. The number of amides is 1. The van der Waals surface area contributed by atoms with Crippen LogP contribution in [-0.2, 0) is 6.61 Å². The predicted molar refractivity (Wildman–Crippen MR) is 137 cm³/mol. The van der Waals surface area contributed by atoms with E-state index in [-0.39, 0.29) is 5.91 Å². The Kier molecular flexibility index (Phi) is 6.35. The fourth-order valence-electron chi connectivity index (χ4n) is 3.72. The lowest BCUT2D eigenvalue weighted by Gasteiger charge is -2.10. The van der Waals surface area contributed by atoms with Crippen LogP contribution in [0, 0.1) is 6.92 Å². The molecule has 2 N–H and O–H groups in total. The SMILES string of the molecule is Cc1ccc(NC(=O)c2ccc(OCc3ccccn3)cc2)cc1-c1nc(-c2ccccc2)c[nH]1. The van der Waals surface area contributed by atoms with Crippen LogP contribution in [0.2, 0.25) is 0 Å². The Morgan fingerprint density at radius 1 is 0.943 bits per heavy atom. The molecule has 0 unspecified atom stereocenters. The predicted octanol–water partition coefficient (Wildman–Crippen LogP) is 6.28. The first-order valence-electron chi connectivity index (χ1n) is 11.3. The number of hydrogen-bond acceptors (Lipinski definition) is 4. The molecule has 5 rings (SSSR count). The quantitative estimate of drug-likeness (QED) is 0.300. The number of carbonyl (C=O) groups is 1. The fourth-order valence-corrected chi connectivity index (χ4v) is 3.72. The lowest BCUT2D eigenvalue weighted by Crippen LogP contribution is -2.12. The molecule has 0 saturated carbocycles. The fraction of sp³-hybridized carbons (Fsp3) is 0.0690. The molecule has 172 valence electrons. The van der Waals surface area contributed by atoms with E-state index < -0.39 is 0 Å². The molecular formula is C29H24N4O2. The number of H-pyrrole nitrogens is 1. The summed E-state index contributed by atoms with van der Waals surface area (Å²) >= 11 is 0. The first kappa shape index (κ1) is 22.1. The van der Waals surface area contributed by atoms with Crippen molar-refractivity contribution in [1.82, 2.24) is 15.0 Å². The van der Waals surface area contributed by atoms with Gasteiger partial charge in [-0.25, -0.2) is 4.98 Å². The molecule has 6 nitrogen and oxygen atoms in total. The van der Waals surface area contributed by atoms with Crippen molar-refractivity contribution >= 4 is 11.6 Å². The molecule has 0 aliphatic heterocycles. The molecule has 0 aliphatic rings. The Labute approximate surface area is 203 Å². The van der Waals surface area contributed by atoms with Crippen LogP contribution in [0.25, 0.3) is 22.6 Å². The highest BCUT2D eigenvalue weighted by molar-refractivity contribution is 6.04. The molecule has 2 aromatic heterocycles. The van der Waals surface area contributed by atoms with Gasteiger partial charge >= 0.3 is 0 Å². The second-order valence-corrected chi connectivity index (χ2v) is 8.12. The number of nitrogens with zero attached hydrogens (tertiary/aromatic N) is 2. The minimum atomic E-state index is -0.194. The summed E-state index contributed by atoms with van der Waals surface area (Å²) in [5.74, 6) is 1.24. The first-order chi connectivity index (χ1) is 17.2. The lowest BCUT2D eigenvalue weighted by molar-refractivity contribution is 0.102. The molecule has 0 bridgehead atoms. The van der Waals surface area contributed by atoms with Gasteiger partial charge in [-0.15, -0.1) is 0 Å². The molecule has 3 aromatic carbocycles. The van der Waals surface area contributed by atoms with Gasteiger partial charge < -0.3 is 15.0 Å². The van der Waals surface area contributed by atoms with E-state index in [4.69, 9.17) is 9.72 Å². The Morgan fingerprint density at radius 3 is 2.51 bits per heavy atom. The maximum Gasteiger partial charge on any atom is 0.255 e. The standard InChI is InChI=1S/C29H24N4O2/c1-20-10-13-23(17-26(20)28-31-18-27(33-28)21-7-3-2-4-8-21)32-29(34)22-11-14-25(15-12-22)35-19-24-9-5-6-16-30-24/h2-18H,19H2,1H3,(H,31,33)(H,32,34). The normalized spacial score (nSPS) is 10.7. The zero-order valence-electron chi connectivity index (χ0n) is 19.2. The highest BCUT2D eigenvalue weighted by atomic mass is 16.5. The van der Waals surface area contributed by atoms with Gasteiger partial charge in [0.25, 0.3) is 5.91 Å². The highest BCUT2D eigenvalue weighted by Gasteiger charge is 2.12. The molecule has 0 radical (unpaired) electrons. The van der Waals surface area contributed by atoms with E-state index in [0.29, 0.717) is 23.6 Å². The topological polar surface area (TPSA) is 79.9 Å². The summed E-state index contributed by atoms with van der Waals surface area (Å²) in [6.45, 7) is 2.40. The number of aromatic nitrogens is 3. The molecule has 6 heteroatoms. The van der Waals surface area contributed by atoms with Crippen LogP contribution in [0.15, 0.2) is 103 Å². The third-order valence-corrected chi connectivity index (χ3v) is 5.63. The largest absolute Gasteiger partial charge is 0.487 e. The van der Waals surface area contributed by atoms with Crippen molar-refractivity contribution in [3.63, 3.8) is 0 Å². The van der Waals surface area contributed by atoms with Gasteiger partial charge in [0, 0.05) is 34.8 Å². The van der Waals surface area contributed by atoms with Crippen molar-refractivity contribution in [1.29, 1.82) is 0 Å². The Balaban J connectivity index is 1.27. The third kappa shape index (κ3) is 5.28.